The topological polar surface area (TPSA) is 67.2 Å². The lowest BCUT2D eigenvalue weighted by molar-refractivity contribution is 0.0562. The van der Waals surface area contributed by atoms with Crippen LogP contribution in [0, 0.1) is 11.7 Å². The monoisotopic (exact) mass is 552 g/mol. The van der Waals surface area contributed by atoms with Crippen LogP contribution >= 0.6 is 0 Å². The van der Waals surface area contributed by atoms with Crippen molar-refractivity contribution in [2.45, 2.75) is 87.7 Å². The van der Waals surface area contributed by atoms with Gasteiger partial charge >= 0.3 is 0 Å². The number of nitrogens with zero attached hydrogens (tertiary/aromatic N) is 3. The summed E-state index contributed by atoms with van der Waals surface area (Å²) in [5.41, 5.74) is 3.20. The molecule has 6 nitrogen and oxygen atoms in total. The molecule has 3 aliphatic rings. The summed E-state index contributed by atoms with van der Waals surface area (Å²) in [5.74, 6) is 1.44. The second kappa shape index (κ2) is 10.6. The van der Waals surface area contributed by atoms with Gasteiger partial charge in [0.2, 0.25) is 0 Å². The van der Waals surface area contributed by atoms with Gasteiger partial charge in [-0.15, -0.1) is 0 Å². The van der Waals surface area contributed by atoms with Gasteiger partial charge in [0.15, 0.2) is 15.7 Å². The average Bonchev–Trinajstić information content (AvgIpc) is 3.67. The number of piperidine rings is 2. The highest BCUT2D eigenvalue weighted by molar-refractivity contribution is 7.90. The largest absolute Gasteiger partial charge is 0.321 e. The van der Waals surface area contributed by atoms with Crippen molar-refractivity contribution in [3.63, 3.8) is 0 Å². The van der Waals surface area contributed by atoms with Gasteiger partial charge in [0, 0.05) is 29.9 Å². The van der Waals surface area contributed by atoms with Crippen molar-refractivity contribution in [2.24, 2.45) is 5.92 Å². The summed E-state index contributed by atoms with van der Waals surface area (Å²) >= 11 is 0. The number of likely N-dealkylation sites (tertiary alicyclic amines) is 1. The molecule has 1 N–H and O–H groups in total. The molecule has 8 heteroatoms. The minimum atomic E-state index is -3.28. The zero-order valence-corrected chi connectivity index (χ0v) is 24.2. The van der Waals surface area contributed by atoms with Crippen molar-refractivity contribution in [1.82, 2.24) is 19.8 Å². The lowest BCUT2D eigenvalue weighted by Crippen LogP contribution is -2.51. The molecule has 3 fully saturated rings. The Morgan fingerprint density at radius 3 is 2.38 bits per heavy atom. The summed E-state index contributed by atoms with van der Waals surface area (Å²) in [6.07, 6.45) is 9.06. The van der Waals surface area contributed by atoms with Gasteiger partial charge in [-0.2, -0.15) is 0 Å². The number of benzene rings is 2. The third-order valence-corrected chi connectivity index (χ3v) is 10.1. The number of sulfone groups is 1. The third-order valence-electron chi connectivity index (χ3n) is 8.98. The van der Waals surface area contributed by atoms with E-state index >= 15 is 4.39 Å². The van der Waals surface area contributed by atoms with Crippen LogP contribution in [0.5, 0.6) is 0 Å². The Kier molecular flexibility index (Phi) is 7.31. The first-order valence-electron chi connectivity index (χ1n) is 14.7. The molecule has 1 aliphatic carbocycles. The SMILES string of the molecule is CC(C)C[C@@H]1CC(c2cc(F)c3nc(-c4ccc(S(C)(=O)=O)cc4)n(C4CC4)c3c2)CCN1C1CCNCC1. The van der Waals surface area contributed by atoms with E-state index in [1.807, 2.05) is 0 Å². The molecule has 210 valence electrons. The molecule has 2 atom stereocenters. The predicted molar refractivity (Wildman–Crippen MR) is 154 cm³/mol. The molecule has 0 spiro atoms. The predicted octanol–water partition coefficient (Wildman–Crippen LogP) is 5.93. The highest BCUT2D eigenvalue weighted by atomic mass is 32.2. The molecule has 0 radical (unpaired) electrons. The fourth-order valence-electron chi connectivity index (χ4n) is 6.93. The molecule has 3 aromatic rings. The van der Waals surface area contributed by atoms with Crippen LogP contribution in [0.1, 0.15) is 76.3 Å². The summed E-state index contributed by atoms with van der Waals surface area (Å²) < 4.78 is 41.8. The number of halogens is 1. The van der Waals surface area contributed by atoms with E-state index in [-0.39, 0.29) is 10.7 Å². The lowest BCUT2D eigenvalue weighted by atomic mass is 9.81. The summed E-state index contributed by atoms with van der Waals surface area (Å²) in [5, 5.41) is 3.51. The maximum Gasteiger partial charge on any atom is 0.175 e. The second-order valence-electron chi connectivity index (χ2n) is 12.4. The van der Waals surface area contributed by atoms with E-state index in [0.717, 1.165) is 67.8 Å². The zero-order valence-electron chi connectivity index (χ0n) is 23.4. The van der Waals surface area contributed by atoms with Gasteiger partial charge in [0.05, 0.1) is 10.4 Å². The molecule has 2 aromatic carbocycles. The molecular formula is C31H41FN4O2S. The first-order chi connectivity index (χ1) is 18.7. The van der Waals surface area contributed by atoms with Crippen LogP contribution in [0.3, 0.4) is 0 Å². The molecule has 0 amide bonds. The molecule has 1 saturated carbocycles. The Bertz CT molecular complexity index is 1440. The summed E-state index contributed by atoms with van der Waals surface area (Å²) in [6.45, 7) is 7.91. The van der Waals surface area contributed by atoms with Gasteiger partial charge < -0.3 is 9.88 Å². The molecule has 1 unspecified atom stereocenters. The Balaban J connectivity index is 1.34. The van der Waals surface area contributed by atoms with E-state index < -0.39 is 9.84 Å². The van der Waals surface area contributed by atoms with E-state index in [1.54, 1.807) is 30.3 Å². The first-order valence-corrected chi connectivity index (χ1v) is 16.6. The van der Waals surface area contributed by atoms with Crippen molar-refractivity contribution < 1.29 is 12.8 Å². The Morgan fingerprint density at radius 2 is 1.74 bits per heavy atom. The van der Waals surface area contributed by atoms with Crippen molar-refractivity contribution in [1.29, 1.82) is 0 Å². The Morgan fingerprint density at radius 1 is 1.03 bits per heavy atom. The fourth-order valence-corrected chi connectivity index (χ4v) is 7.56. The minimum Gasteiger partial charge on any atom is -0.321 e. The molecule has 2 aliphatic heterocycles. The summed E-state index contributed by atoms with van der Waals surface area (Å²) in [7, 11) is -3.28. The first kappa shape index (κ1) is 26.9. The Labute approximate surface area is 231 Å². The zero-order chi connectivity index (χ0) is 27.3. The number of hydrogen-bond donors (Lipinski definition) is 1. The van der Waals surface area contributed by atoms with E-state index in [2.05, 4.69) is 34.7 Å². The van der Waals surface area contributed by atoms with Crippen molar-refractivity contribution in [3.8, 4) is 11.4 Å². The lowest BCUT2D eigenvalue weighted by Gasteiger charge is -2.46. The number of nitrogens with one attached hydrogen (secondary N) is 1. The summed E-state index contributed by atoms with van der Waals surface area (Å²) in [4.78, 5) is 7.83. The van der Waals surface area contributed by atoms with Crippen LogP contribution in [-0.2, 0) is 9.84 Å². The maximum absolute atomic E-state index is 15.7. The van der Waals surface area contributed by atoms with E-state index in [4.69, 9.17) is 4.98 Å². The van der Waals surface area contributed by atoms with E-state index in [9.17, 15) is 8.42 Å². The van der Waals surface area contributed by atoms with E-state index in [0.29, 0.717) is 35.5 Å². The molecule has 2 saturated heterocycles. The number of aromatic nitrogens is 2. The number of fused-ring (bicyclic) bond motifs is 1. The molecular weight excluding hydrogens is 511 g/mol. The molecule has 3 heterocycles. The van der Waals surface area contributed by atoms with Crippen LogP contribution < -0.4 is 5.32 Å². The second-order valence-corrected chi connectivity index (χ2v) is 14.4. The quantitative estimate of drug-likeness (QED) is 0.394. The molecule has 0 bridgehead atoms. The van der Waals surface area contributed by atoms with Crippen LogP contribution in [0.4, 0.5) is 4.39 Å². The van der Waals surface area contributed by atoms with Gasteiger partial charge in [-0.05, 0) is 118 Å². The number of imidazole rings is 1. The van der Waals surface area contributed by atoms with Crippen LogP contribution in [0.15, 0.2) is 41.3 Å². The van der Waals surface area contributed by atoms with Gasteiger partial charge in [0.25, 0.3) is 0 Å². The third kappa shape index (κ3) is 5.52. The van der Waals surface area contributed by atoms with Gasteiger partial charge in [-0.3, -0.25) is 4.90 Å². The normalized spacial score (nSPS) is 23.6. The van der Waals surface area contributed by atoms with Gasteiger partial charge in [0.1, 0.15) is 11.3 Å². The van der Waals surface area contributed by atoms with Crippen molar-refractivity contribution in [3.05, 3.63) is 47.8 Å². The highest BCUT2D eigenvalue weighted by Gasteiger charge is 2.35. The number of hydrogen-bond acceptors (Lipinski definition) is 5. The maximum atomic E-state index is 15.7. The highest BCUT2D eigenvalue weighted by Crippen LogP contribution is 2.44. The van der Waals surface area contributed by atoms with Gasteiger partial charge in [-0.1, -0.05) is 13.8 Å². The van der Waals surface area contributed by atoms with Crippen LogP contribution in [0.2, 0.25) is 0 Å². The smallest absolute Gasteiger partial charge is 0.175 e. The Hall–Kier alpha value is -2.29. The average molecular weight is 553 g/mol. The molecule has 6 rings (SSSR count). The fraction of sp³-hybridized carbons (Fsp3) is 0.581. The van der Waals surface area contributed by atoms with E-state index in [1.165, 1.54) is 25.5 Å². The van der Waals surface area contributed by atoms with Crippen molar-refractivity contribution in [2.75, 3.05) is 25.9 Å². The molecule has 1 aromatic heterocycles. The summed E-state index contributed by atoms with van der Waals surface area (Å²) in [6, 6.07) is 12.3. The van der Waals surface area contributed by atoms with Crippen LogP contribution in [0.25, 0.3) is 22.4 Å². The van der Waals surface area contributed by atoms with Crippen LogP contribution in [-0.4, -0.2) is 60.8 Å². The number of rotatable bonds is 7. The minimum absolute atomic E-state index is 0.253. The molecule has 39 heavy (non-hydrogen) atoms. The van der Waals surface area contributed by atoms with Gasteiger partial charge in [-0.25, -0.2) is 17.8 Å². The van der Waals surface area contributed by atoms with Crippen molar-refractivity contribution >= 4 is 20.9 Å². The standard InChI is InChI=1S/C31H41FN4O2S/c1-20(2)16-26-17-22(12-15-35(26)24-10-13-33-14-11-24)23-18-28(32)30-29(19-23)36(25-6-7-25)31(34-30)21-4-8-27(9-5-21)39(3,37)38/h4-5,8-9,18-20,22,24-26,33H,6-7,10-17H2,1-3H3/t22?,26-/m1/s1.